The predicted octanol–water partition coefficient (Wildman–Crippen LogP) is 2.48. The zero-order valence-electron chi connectivity index (χ0n) is 14.7. The molecule has 1 amide bonds. The van der Waals surface area contributed by atoms with Crippen LogP contribution in [0.3, 0.4) is 0 Å². The van der Waals surface area contributed by atoms with E-state index >= 15 is 0 Å². The molecule has 0 spiro atoms. The first kappa shape index (κ1) is 20.7. The van der Waals surface area contributed by atoms with E-state index in [1.807, 2.05) is 0 Å². The second-order valence-electron chi connectivity index (χ2n) is 5.65. The van der Waals surface area contributed by atoms with Crippen molar-refractivity contribution in [3.05, 3.63) is 53.1 Å². The van der Waals surface area contributed by atoms with E-state index in [0.29, 0.717) is 11.3 Å². The highest BCUT2D eigenvalue weighted by Crippen LogP contribution is 2.25. The molecule has 0 heterocycles. The molecule has 0 radical (unpaired) electrons. The Balaban J connectivity index is 1.91. The van der Waals surface area contributed by atoms with Crippen molar-refractivity contribution in [3.8, 4) is 5.75 Å². The van der Waals surface area contributed by atoms with E-state index in [-0.39, 0.29) is 22.0 Å². The minimum Gasteiger partial charge on any atom is -0.497 e. The quantitative estimate of drug-likeness (QED) is 0.703. The highest BCUT2D eigenvalue weighted by atomic mass is 35.5. The van der Waals surface area contributed by atoms with Gasteiger partial charge >= 0.3 is 5.97 Å². The summed E-state index contributed by atoms with van der Waals surface area (Å²) < 4.78 is 33.1. The van der Waals surface area contributed by atoms with Gasteiger partial charge in [-0.3, -0.25) is 9.59 Å². The molecule has 0 unspecified atom stereocenters. The third-order valence-corrected chi connectivity index (χ3v) is 4.95. The van der Waals surface area contributed by atoms with Gasteiger partial charge in [0.05, 0.1) is 29.1 Å². The summed E-state index contributed by atoms with van der Waals surface area (Å²) in [4.78, 5) is 23.8. The van der Waals surface area contributed by atoms with E-state index < -0.39 is 28.3 Å². The molecule has 0 bridgehead atoms. The third-order valence-electron chi connectivity index (χ3n) is 3.51. The van der Waals surface area contributed by atoms with Crippen LogP contribution >= 0.6 is 11.6 Å². The maximum Gasteiger partial charge on any atom is 0.310 e. The first-order chi connectivity index (χ1) is 12.7. The second-order valence-corrected chi connectivity index (χ2v) is 8.07. The number of hydrogen-bond acceptors (Lipinski definition) is 6. The van der Waals surface area contributed by atoms with Crippen LogP contribution in [-0.4, -0.2) is 40.3 Å². The predicted molar refractivity (Wildman–Crippen MR) is 101 cm³/mol. The van der Waals surface area contributed by atoms with Gasteiger partial charge in [0.1, 0.15) is 5.75 Å². The molecule has 0 aliphatic rings. The van der Waals surface area contributed by atoms with E-state index in [9.17, 15) is 18.0 Å². The van der Waals surface area contributed by atoms with Crippen molar-refractivity contribution in [2.24, 2.45) is 0 Å². The second kappa shape index (κ2) is 8.88. The molecule has 7 nitrogen and oxygen atoms in total. The SMILES string of the molecule is COc1ccc(CC(=O)OCC(=O)Nc2cc(S(C)(=O)=O)ccc2Cl)cc1. The average Bonchev–Trinajstić information content (AvgIpc) is 2.61. The molecule has 2 rings (SSSR count). The summed E-state index contributed by atoms with van der Waals surface area (Å²) >= 11 is 5.96. The Kier molecular flexibility index (Phi) is 6.81. The van der Waals surface area contributed by atoms with Crippen LogP contribution in [0.1, 0.15) is 5.56 Å². The molecule has 0 aliphatic heterocycles. The van der Waals surface area contributed by atoms with Crippen molar-refractivity contribution in [1.29, 1.82) is 0 Å². The van der Waals surface area contributed by atoms with E-state index in [0.717, 1.165) is 6.26 Å². The number of nitrogens with one attached hydrogen (secondary N) is 1. The zero-order valence-corrected chi connectivity index (χ0v) is 16.3. The lowest BCUT2D eigenvalue weighted by molar-refractivity contribution is -0.146. The normalized spacial score (nSPS) is 10.9. The molecule has 2 aromatic carbocycles. The van der Waals surface area contributed by atoms with Gasteiger partial charge in [-0.2, -0.15) is 0 Å². The van der Waals surface area contributed by atoms with E-state index in [4.69, 9.17) is 21.1 Å². The Morgan fingerprint density at radius 1 is 1.11 bits per heavy atom. The number of carbonyl (C=O) groups is 2. The van der Waals surface area contributed by atoms with Gasteiger partial charge in [0.2, 0.25) is 0 Å². The lowest BCUT2D eigenvalue weighted by Gasteiger charge is -2.10. The van der Waals surface area contributed by atoms with Crippen LogP contribution in [0.2, 0.25) is 5.02 Å². The summed E-state index contributed by atoms with van der Waals surface area (Å²) in [5.41, 5.74) is 0.834. The molecule has 0 atom stereocenters. The van der Waals surface area contributed by atoms with Crippen molar-refractivity contribution in [2.45, 2.75) is 11.3 Å². The number of hydrogen-bond donors (Lipinski definition) is 1. The number of benzene rings is 2. The van der Waals surface area contributed by atoms with Gasteiger partial charge in [-0.05, 0) is 35.9 Å². The highest BCUT2D eigenvalue weighted by molar-refractivity contribution is 7.90. The average molecular weight is 412 g/mol. The van der Waals surface area contributed by atoms with Crippen molar-refractivity contribution < 1.29 is 27.5 Å². The Morgan fingerprint density at radius 2 is 1.78 bits per heavy atom. The largest absolute Gasteiger partial charge is 0.497 e. The minimum atomic E-state index is -3.45. The van der Waals surface area contributed by atoms with Gasteiger partial charge in [0.15, 0.2) is 16.4 Å². The summed E-state index contributed by atoms with van der Waals surface area (Å²) in [6, 6.07) is 10.8. The first-order valence-electron chi connectivity index (χ1n) is 7.77. The molecule has 0 aliphatic carbocycles. The molecule has 9 heteroatoms. The maximum atomic E-state index is 12.0. The molecule has 0 fully saturated rings. The summed E-state index contributed by atoms with van der Waals surface area (Å²) in [6.07, 6.45) is 1.05. The van der Waals surface area contributed by atoms with Crippen molar-refractivity contribution in [3.63, 3.8) is 0 Å². The molecule has 144 valence electrons. The summed E-state index contributed by atoms with van der Waals surface area (Å²) in [5, 5.41) is 2.59. The number of halogens is 1. The van der Waals surface area contributed by atoms with Gasteiger partial charge in [0.25, 0.3) is 5.91 Å². The molecule has 2 aromatic rings. The lowest BCUT2D eigenvalue weighted by atomic mass is 10.1. The standard InChI is InChI=1S/C18H18ClNO6S/c1-25-13-5-3-12(4-6-13)9-18(22)26-11-17(21)20-16-10-14(27(2,23)24)7-8-15(16)19/h3-8,10H,9,11H2,1-2H3,(H,20,21). The molecule has 0 saturated heterocycles. The minimum absolute atomic E-state index is 0.00158. The molecule has 0 aromatic heterocycles. The summed E-state index contributed by atoms with van der Waals surface area (Å²) in [6.45, 7) is -0.519. The van der Waals surface area contributed by atoms with Crippen LogP contribution in [0.25, 0.3) is 0 Å². The van der Waals surface area contributed by atoms with Crippen molar-refractivity contribution in [2.75, 3.05) is 25.3 Å². The number of anilines is 1. The molecule has 0 saturated carbocycles. The summed E-state index contributed by atoms with van der Waals surface area (Å²) in [7, 11) is -1.91. The van der Waals surface area contributed by atoms with Gasteiger partial charge < -0.3 is 14.8 Å². The van der Waals surface area contributed by atoms with Crippen LogP contribution < -0.4 is 10.1 Å². The third kappa shape index (κ3) is 6.26. The van der Waals surface area contributed by atoms with Gasteiger partial charge in [0, 0.05) is 6.26 Å². The van der Waals surface area contributed by atoms with Crippen LogP contribution in [-0.2, 0) is 30.6 Å². The van der Waals surface area contributed by atoms with Crippen LogP contribution in [0.4, 0.5) is 5.69 Å². The fourth-order valence-electron chi connectivity index (χ4n) is 2.12. The Labute approximate surface area is 162 Å². The van der Waals surface area contributed by atoms with E-state index in [2.05, 4.69) is 5.32 Å². The smallest absolute Gasteiger partial charge is 0.310 e. The molecular weight excluding hydrogens is 394 g/mol. The molecule has 27 heavy (non-hydrogen) atoms. The fraction of sp³-hybridized carbons (Fsp3) is 0.222. The van der Waals surface area contributed by atoms with Crippen LogP contribution in [0.15, 0.2) is 47.4 Å². The van der Waals surface area contributed by atoms with Gasteiger partial charge in [-0.1, -0.05) is 23.7 Å². The number of esters is 1. The van der Waals surface area contributed by atoms with Gasteiger partial charge in [-0.15, -0.1) is 0 Å². The van der Waals surface area contributed by atoms with Gasteiger partial charge in [-0.25, -0.2) is 8.42 Å². The van der Waals surface area contributed by atoms with E-state index in [1.165, 1.54) is 18.2 Å². The van der Waals surface area contributed by atoms with E-state index in [1.54, 1.807) is 31.4 Å². The Hall–Kier alpha value is -2.58. The molecule has 1 N–H and O–H groups in total. The van der Waals surface area contributed by atoms with Crippen molar-refractivity contribution in [1.82, 2.24) is 0 Å². The number of sulfone groups is 1. The number of methoxy groups -OCH3 is 1. The Bertz CT molecular complexity index is 941. The maximum absolute atomic E-state index is 12.0. The zero-order chi connectivity index (χ0) is 20.0. The van der Waals surface area contributed by atoms with Crippen LogP contribution in [0.5, 0.6) is 5.75 Å². The number of ether oxygens (including phenoxy) is 2. The molecular formula is C18H18ClNO6S. The topological polar surface area (TPSA) is 98.8 Å². The summed E-state index contributed by atoms with van der Waals surface area (Å²) in [5.74, 6) is -0.545. The Morgan fingerprint density at radius 3 is 2.37 bits per heavy atom. The lowest BCUT2D eigenvalue weighted by Crippen LogP contribution is -2.22. The fourth-order valence-corrected chi connectivity index (χ4v) is 2.94. The number of carbonyl (C=O) groups excluding carboxylic acids is 2. The highest BCUT2D eigenvalue weighted by Gasteiger charge is 2.14. The van der Waals surface area contributed by atoms with Crippen LogP contribution in [0, 0.1) is 0 Å². The number of rotatable bonds is 7. The number of amides is 1. The monoisotopic (exact) mass is 411 g/mol. The first-order valence-corrected chi connectivity index (χ1v) is 10.0. The van der Waals surface area contributed by atoms with Crippen molar-refractivity contribution >= 4 is 39.0 Å².